The maximum Gasteiger partial charge on any atom is 0.106 e. The molecular weight excluding hydrogens is 190 g/mol. The van der Waals surface area contributed by atoms with Crippen molar-refractivity contribution in [2.24, 2.45) is 0 Å². The van der Waals surface area contributed by atoms with Gasteiger partial charge in [0.2, 0.25) is 0 Å². The molecule has 1 unspecified atom stereocenters. The molecule has 78 valence electrons. The number of hydrogen-bond donors (Lipinski definition) is 1. The molecule has 2 heterocycles. The van der Waals surface area contributed by atoms with E-state index in [1.165, 1.54) is 0 Å². The van der Waals surface area contributed by atoms with E-state index in [0.29, 0.717) is 6.42 Å². The van der Waals surface area contributed by atoms with Crippen molar-refractivity contribution in [3.05, 3.63) is 53.7 Å². The predicted molar refractivity (Wildman–Crippen MR) is 56.3 cm³/mol. The van der Waals surface area contributed by atoms with Crippen molar-refractivity contribution in [2.75, 3.05) is 0 Å². The Morgan fingerprint density at radius 3 is 3.00 bits per heavy atom. The van der Waals surface area contributed by atoms with Gasteiger partial charge in [-0.1, -0.05) is 0 Å². The SMILES string of the molecule is Cc1ccncc1C(O)Cc1ccco1. The van der Waals surface area contributed by atoms with Gasteiger partial charge in [0.1, 0.15) is 5.76 Å². The molecule has 0 saturated carbocycles. The summed E-state index contributed by atoms with van der Waals surface area (Å²) in [6.07, 6.45) is 4.96. The van der Waals surface area contributed by atoms with Crippen LogP contribution >= 0.6 is 0 Å². The Kier molecular flexibility index (Phi) is 2.83. The average Bonchev–Trinajstić information content (AvgIpc) is 2.71. The second-order valence-corrected chi connectivity index (χ2v) is 3.53. The van der Waals surface area contributed by atoms with E-state index in [1.807, 2.05) is 25.1 Å². The van der Waals surface area contributed by atoms with E-state index in [2.05, 4.69) is 4.98 Å². The highest BCUT2D eigenvalue weighted by Crippen LogP contribution is 2.20. The zero-order chi connectivity index (χ0) is 10.7. The number of nitrogens with zero attached hydrogens (tertiary/aromatic N) is 1. The number of hydrogen-bond acceptors (Lipinski definition) is 3. The minimum atomic E-state index is -0.551. The molecule has 3 heteroatoms. The van der Waals surface area contributed by atoms with Gasteiger partial charge >= 0.3 is 0 Å². The summed E-state index contributed by atoms with van der Waals surface area (Å²) in [5, 5.41) is 9.97. The third kappa shape index (κ3) is 2.25. The van der Waals surface area contributed by atoms with Crippen LogP contribution in [0.4, 0.5) is 0 Å². The molecule has 0 spiro atoms. The van der Waals surface area contributed by atoms with Gasteiger partial charge < -0.3 is 9.52 Å². The van der Waals surface area contributed by atoms with E-state index < -0.39 is 6.10 Å². The average molecular weight is 203 g/mol. The summed E-state index contributed by atoms with van der Waals surface area (Å²) in [4.78, 5) is 4.01. The number of aliphatic hydroxyl groups excluding tert-OH is 1. The lowest BCUT2D eigenvalue weighted by atomic mass is 10.0. The van der Waals surface area contributed by atoms with Crippen LogP contribution in [0.25, 0.3) is 0 Å². The summed E-state index contributed by atoms with van der Waals surface area (Å²) >= 11 is 0. The summed E-state index contributed by atoms with van der Waals surface area (Å²) in [6, 6.07) is 5.56. The van der Waals surface area contributed by atoms with E-state index in [-0.39, 0.29) is 0 Å². The Labute approximate surface area is 88.4 Å². The van der Waals surface area contributed by atoms with Gasteiger partial charge in [0, 0.05) is 24.4 Å². The van der Waals surface area contributed by atoms with E-state index >= 15 is 0 Å². The minimum Gasteiger partial charge on any atom is -0.469 e. The third-order valence-corrected chi connectivity index (χ3v) is 2.41. The molecule has 2 aromatic heterocycles. The monoisotopic (exact) mass is 203 g/mol. The molecule has 0 bridgehead atoms. The summed E-state index contributed by atoms with van der Waals surface area (Å²) in [7, 11) is 0. The van der Waals surface area contributed by atoms with Gasteiger partial charge in [-0.2, -0.15) is 0 Å². The van der Waals surface area contributed by atoms with Crippen LogP contribution < -0.4 is 0 Å². The zero-order valence-corrected chi connectivity index (χ0v) is 8.55. The van der Waals surface area contributed by atoms with Gasteiger partial charge in [0.15, 0.2) is 0 Å². The van der Waals surface area contributed by atoms with Crippen molar-refractivity contribution >= 4 is 0 Å². The predicted octanol–water partition coefficient (Wildman–Crippen LogP) is 2.26. The molecule has 0 aliphatic heterocycles. The standard InChI is InChI=1S/C12H13NO2/c1-9-4-5-13-8-11(9)12(14)7-10-3-2-6-15-10/h2-6,8,12,14H,7H2,1H3. The van der Waals surface area contributed by atoms with Gasteiger partial charge in [-0.15, -0.1) is 0 Å². The highest BCUT2D eigenvalue weighted by molar-refractivity contribution is 5.24. The topological polar surface area (TPSA) is 46.3 Å². The third-order valence-electron chi connectivity index (χ3n) is 2.41. The lowest BCUT2D eigenvalue weighted by Crippen LogP contribution is -2.03. The van der Waals surface area contributed by atoms with Crippen LogP contribution in [0.3, 0.4) is 0 Å². The first-order valence-corrected chi connectivity index (χ1v) is 4.88. The number of rotatable bonds is 3. The van der Waals surface area contributed by atoms with Gasteiger partial charge in [-0.25, -0.2) is 0 Å². The summed E-state index contributed by atoms with van der Waals surface area (Å²) < 4.78 is 5.19. The molecule has 15 heavy (non-hydrogen) atoms. The fourth-order valence-electron chi connectivity index (χ4n) is 1.55. The van der Waals surface area contributed by atoms with Gasteiger partial charge in [0.05, 0.1) is 12.4 Å². The molecule has 1 atom stereocenters. The van der Waals surface area contributed by atoms with Gasteiger partial charge in [-0.3, -0.25) is 4.98 Å². The van der Waals surface area contributed by atoms with Crippen molar-refractivity contribution in [2.45, 2.75) is 19.4 Å². The fourth-order valence-corrected chi connectivity index (χ4v) is 1.55. The summed E-state index contributed by atoms with van der Waals surface area (Å²) in [5.41, 5.74) is 1.90. The van der Waals surface area contributed by atoms with Crippen molar-refractivity contribution < 1.29 is 9.52 Å². The van der Waals surface area contributed by atoms with Crippen LogP contribution in [-0.2, 0) is 6.42 Å². The maximum atomic E-state index is 9.97. The lowest BCUT2D eigenvalue weighted by Gasteiger charge is -2.11. The molecule has 0 fully saturated rings. The van der Waals surface area contributed by atoms with E-state index in [4.69, 9.17) is 4.42 Å². The first kappa shape index (κ1) is 9.93. The molecule has 2 rings (SSSR count). The maximum absolute atomic E-state index is 9.97. The second-order valence-electron chi connectivity index (χ2n) is 3.53. The molecule has 2 aromatic rings. The van der Waals surface area contributed by atoms with Gasteiger partial charge in [0.25, 0.3) is 0 Å². The number of aromatic nitrogens is 1. The first-order chi connectivity index (χ1) is 7.27. The van der Waals surface area contributed by atoms with Gasteiger partial charge in [-0.05, 0) is 30.7 Å². The molecule has 0 saturated heterocycles. The Hall–Kier alpha value is -1.61. The number of aliphatic hydroxyl groups is 1. The zero-order valence-electron chi connectivity index (χ0n) is 8.55. The Morgan fingerprint density at radius 2 is 2.33 bits per heavy atom. The van der Waals surface area contributed by atoms with Crippen LogP contribution in [0.2, 0.25) is 0 Å². The van der Waals surface area contributed by atoms with Crippen LogP contribution in [0, 0.1) is 6.92 Å². The van der Waals surface area contributed by atoms with Crippen molar-refractivity contribution in [1.82, 2.24) is 4.98 Å². The molecule has 0 radical (unpaired) electrons. The smallest absolute Gasteiger partial charge is 0.106 e. The van der Waals surface area contributed by atoms with Crippen LogP contribution in [0.15, 0.2) is 41.3 Å². The Balaban J connectivity index is 2.15. The quantitative estimate of drug-likeness (QED) is 0.832. The molecule has 1 N–H and O–H groups in total. The summed E-state index contributed by atoms with van der Waals surface area (Å²) in [6.45, 7) is 1.96. The molecule has 3 nitrogen and oxygen atoms in total. The Morgan fingerprint density at radius 1 is 1.47 bits per heavy atom. The fraction of sp³-hybridized carbons (Fsp3) is 0.250. The van der Waals surface area contributed by atoms with Crippen LogP contribution in [-0.4, -0.2) is 10.1 Å². The van der Waals surface area contributed by atoms with Crippen molar-refractivity contribution in [1.29, 1.82) is 0 Å². The molecular formula is C12H13NO2. The number of pyridine rings is 1. The highest BCUT2D eigenvalue weighted by atomic mass is 16.3. The Bertz CT molecular complexity index is 423. The number of aryl methyl sites for hydroxylation is 1. The van der Waals surface area contributed by atoms with Crippen LogP contribution in [0.1, 0.15) is 23.0 Å². The minimum absolute atomic E-state index is 0.486. The molecule has 0 aromatic carbocycles. The van der Waals surface area contributed by atoms with E-state index in [9.17, 15) is 5.11 Å². The lowest BCUT2D eigenvalue weighted by molar-refractivity contribution is 0.169. The molecule has 0 aliphatic rings. The largest absolute Gasteiger partial charge is 0.469 e. The molecule has 0 amide bonds. The second kappa shape index (κ2) is 4.28. The summed E-state index contributed by atoms with van der Waals surface area (Å²) in [5.74, 6) is 0.783. The van der Waals surface area contributed by atoms with E-state index in [0.717, 1.165) is 16.9 Å². The number of furan rings is 1. The van der Waals surface area contributed by atoms with Crippen molar-refractivity contribution in [3.63, 3.8) is 0 Å². The highest BCUT2D eigenvalue weighted by Gasteiger charge is 2.12. The first-order valence-electron chi connectivity index (χ1n) is 4.88. The van der Waals surface area contributed by atoms with Crippen molar-refractivity contribution in [3.8, 4) is 0 Å². The normalized spacial score (nSPS) is 12.7. The molecule has 0 aliphatic carbocycles. The van der Waals surface area contributed by atoms with E-state index in [1.54, 1.807) is 18.7 Å². The van der Waals surface area contributed by atoms with Crippen LogP contribution in [0.5, 0.6) is 0 Å².